The molecule has 0 heterocycles. The Balaban J connectivity index is 4.62. The summed E-state index contributed by atoms with van der Waals surface area (Å²) in [7, 11) is 0. The zero-order chi connectivity index (χ0) is 10.6. The zero-order valence-corrected chi connectivity index (χ0v) is 7.84. The first-order chi connectivity index (χ1) is 5.78. The Hall–Kier alpha value is -1.10. The third-order valence-corrected chi connectivity index (χ3v) is 2.73. The molecule has 0 amide bonds. The normalized spacial score (nSPS) is 14.2. The van der Waals surface area contributed by atoms with Crippen LogP contribution in [0.4, 0.5) is 4.79 Å². The average Bonchev–Trinajstić information content (AvgIpc) is 1.82. The fourth-order valence-electron chi connectivity index (χ4n) is 0.714. The van der Waals surface area contributed by atoms with Crippen LogP contribution in [0.2, 0.25) is 0 Å². The van der Waals surface area contributed by atoms with Crippen LogP contribution in [0, 0.1) is 0 Å². The van der Waals surface area contributed by atoms with Gasteiger partial charge >= 0.3 is 27.2 Å². The van der Waals surface area contributed by atoms with Gasteiger partial charge < -0.3 is 20.4 Å². The van der Waals surface area contributed by atoms with Crippen molar-refractivity contribution in [2.75, 3.05) is 0 Å². The Morgan fingerprint density at radius 2 is 1.62 bits per heavy atom. The van der Waals surface area contributed by atoms with E-state index in [1.807, 2.05) is 0 Å². The number of hydrogen-bond donors (Lipinski definition) is 4. The van der Waals surface area contributed by atoms with Gasteiger partial charge in [-0.2, -0.15) is 0 Å². The summed E-state index contributed by atoms with van der Waals surface area (Å²) >= 11 is -2.43. The summed E-state index contributed by atoms with van der Waals surface area (Å²) in [5, 5.41) is 34.0. The molecule has 0 saturated heterocycles. The van der Waals surface area contributed by atoms with Gasteiger partial charge in [-0.3, -0.25) is 14.4 Å². The number of aliphatic hydroxyl groups is 1. The van der Waals surface area contributed by atoms with Gasteiger partial charge in [0.15, 0.2) is 4.83 Å². The van der Waals surface area contributed by atoms with E-state index in [0.717, 1.165) is 0 Å². The predicted octanol–water partition coefficient (Wildman–Crippen LogP) is -1.65. The first-order valence-electron chi connectivity index (χ1n) is 3.17. The quantitative estimate of drug-likeness (QED) is 0.396. The first-order valence-corrected chi connectivity index (χ1v) is 4.59. The van der Waals surface area contributed by atoms with Crippen molar-refractivity contribution in [3.05, 3.63) is 0 Å². The smallest absolute Gasteiger partial charge is 0.473 e. The summed E-state index contributed by atoms with van der Waals surface area (Å²) in [5.74, 6) is -3.34. The van der Waals surface area contributed by atoms with Crippen molar-refractivity contribution in [3.8, 4) is 0 Å². The fraction of sp³-hybridized carbons (Fsp3) is 0.400. The van der Waals surface area contributed by atoms with Crippen LogP contribution >= 0.6 is 0 Å². The van der Waals surface area contributed by atoms with Crippen molar-refractivity contribution in [1.82, 2.24) is 0 Å². The van der Waals surface area contributed by atoms with Crippen LogP contribution in [0.25, 0.3) is 0 Å². The summed E-state index contributed by atoms with van der Waals surface area (Å²) in [6, 6.07) is 0. The van der Waals surface area contributed by atoms with Crippen molar-refractivity contribution < 1.29 is 34.8 Å². The standard InChI is InChI=1S/C4H5O5.CHO2.Al.H/c5-2(4(8)9)1-3(6)7;2-1-3;;/h5H,1H2,(H,6,7)(H,8,9);(H,2,3);;. The number of aliphatic carboxylic acids is 2. The SMILES string of the molecule is O=C(O)C[C](O)([AlH][C](=O)O)C(=O)O. The minimum atomic E-state index is -2.60. The molecule has 0 aliphatic rings. The Labute approximate surface area is 78.3 Å². The van der Waals surface area contributed by atoms with E-state index in [9.17, 15) is 14.4 Å². The van der Waals surface area contributed by atoms with E-state index in [1.165, 1.54) is 0 Å². The molecule has 0 radical (unpaired) electrons. The maximum absolute atomic E-state index is 10.4. The van der Waals surface area contributed by atoms with E-state index in [-0.39, 0.29) is 0 Å². The molecule has 13 heavy (non-hydrogen) atoms. The highest BCUT2D eigenvalue weighted by atomic mass is 27.1. The van der Waals surface area contributed by atoms with Gasteiger partial charge in [0.05, 0.1) is 6.42 Å². The second kappa shape index (κ2) is 4.23. The molecule has 4 N–H and O–H groups in total. The topological polar surface area (TPSA) is 132 Å². The van der Waals surface area contributed by atoms with Gasteiger partial charge in [0.2, 0.25) is 0 Å². The Morgan fingerprint density at radius 1 is 1.15 bits per heavy atom. The van der Waals surface area contributed by atoms with E-state index in [1.54, 1.807) is 0 Å². The van der Waals surface area contributed by atoms with Crippen molar-refractivity contribution in [2.45, 2.75) is 10.9 Å². The second-order valence-electron chi connectivity index (χ2n) is 2.48. The average molecular weight is 206 g/mol. The number of carboxylic acids is 2. The fourth-order valence-corrected chi connectivity index (χ4v) is 1.70. The van der Waals surface area contributed by atoms with Gasteiger partial charge in [-0.25, -0.2) is 0 Å². The van der Waals surface area contributed by atoms with Gasteiger partial charge in [0.25, 0.3) is 0 Å². The summed E-state index contributed by atoms with van der Waals surface area (Å²) in [6.07, 6.45) is -1.08. The highest BCUT2D eigenvalue weighted by Crippen LogP contribution is 2.09. The molecule has 0 aromatic heterocycles. The first kappa shape index (κ1) is 11.9. The molecule has 0 bridgehead atoms. The molecule has 1 atom stereocenters. The largest absolute Gasteiger partial charge is 0.496 e. The van der Waals surface area contributed by atoms with E-state index >= 15 is 0 Å². The molecule has 0 saturated carbocycles. The van der Waals surface area contributed by atoms with Crippen LogP contribution in [0.1, 0.15) is 6.42 Å². The maximum atomic E-state index is 10.4. The van der Waals surface area contributed by atoms with Crippen molar-refractivity contribution in [2.24, 2.45) is 0 Å². The molecule has 0 aliphatic carbocycles. The van der Waals surface area contributed by atoms with Gasteiger partial charge in [-0.05, 0) is 0 Å². The summed E-state index contributed by atoms with van der Waals surface area (Å²) in [6.45, 7) is 0. The van der Waals surface area contributed by atoms with Crippen LogP contribution in [-0.4, -0.2) is 56.9 Å². The highest BCUT2D eigenvalue weighted by Gasteiger charge is 2.43. The van der Waals surface area contributed by atoms with Crippen LogP contribution in [0.5, 0.6) is 0 Å². The number of rotatable bonds is 5. The lowest BCUT2D eigenvalue weighted by atomic mass is 10.2. The Morgan fingerprint density at radius 3 is 1.85 bits per heavy atom. The molecule has 8 heteroatoms. The van der Waals surface area contributed by atoms with Gasteiger partial charge in [0, 0.05) is 0 Å². The van der Waals surface area contributed by atoms with Crippen molar-refractivity contribution >= 4 is 32.0 Å². The summed E-state index contributed by atoms with van der Waals surface area (Å²) in [5.41, 5.74) is 0. The molecule has 7 nitrogen and oxygen atoms in total. The van der Waals surface area contributed by atoms with E-state index in [0.29, 0.717) is 0 Å². The molecule has 0 aromatic rings. The molecule has 0 rings (SSSR count). The molecule has 0 aliphatic heterocycles. The monoisotopic (exact) mass is 206 g/mol. The molecule has 0 spiro atoms. The maximum Gasteiger partial charge on any atom is 0.473 e. The number of carbonyl (C=O) groups is 3. The van der Waals surface area contributed by atoms with Crippen molar-refractivity contribution in [3.63, 3.8) is 0 Å². The third-order valence-electron chi connectivity index (χ3n) is 1.29. The third kappa shape index (κ3) is 3.89. The van der Waals surface area contributed by atoms with Gasteiger partial charge in [0.1, 0.15) is 4.46 Å². The second-order valence-corrected chi connectivity index (χ2v) is 4.61. The minimum absolute atomic E-state index is 1.08. The lowest BCUT2D eigenvalue weighted by Crippen LogP contribution is -2.49. The predicted molar refractivity (Wildman–Crippen MR) is 40.0 cm³/mol. The molecule has 0 aromatic carbocycles. The van der Waals surface area contributed by atoms with Crippen LogP contribution in [0.15, 0.2) is 0 Å². The van der Waals surface area contributed by atoms with Gasteiger partial charge in [-0.1, -0.05) is 0 Å². The molecule has 1 unspecified atom stereocenters. The summed E-state index contributed by atoms with van der Waals surface area (Å²) in [4.78, 5) is 29.2. The lowest BCUT2D eigenvalue weighted by Gasteiger charge is -2.17. The van der Waals surface area contributed by atoms with E-state index < -0.39 is 42.9 Å². The highest BCUT2D eigenvalue weighted by molar-refractivity contribution is 6.76. The molecule has 72 valence electrons. The van der Waals surface area contributed by atoms with Crippen LogP contribution < -0.4 is 0 Å². The molecule has 0 fully saturated rings. The van der Waals surface area contributed by atoms with Crippen LogP contribution in [-0.2, 0) is 9.59 Å². The number of hydrogen-bond acceptors (Lipinski definition) is 4. The Bertz CT molecular complexity index is 231. The zero-order valence-electron chi connectivity index (χ0n) is 6.43. The number of carboxylic acid groups (broad SMARTS) is 3. The minimum Gasteiger partial charge on any atom is -0.496 e. The molecular formula is C5H7AlO7. The van der Waals surface area contributed by atoms with E-state index in [2.05, 4.69) is 0 Å². The van der Waals surface area contributed by atoms with E-state index in [4.69, 9.17) is 20.4 Å². The Kier molecular flexibility index (Phi) is 3.87. The molecular weight excluding hydrogens is 199 g/mol. The van der Waals surface area contributed by atoms with Crippen LogP contribution in [0.3, 0.4) is 0 Å². The lowest BCUT2D eigenvalue weighted by molar-refractivity contribution is -0.157. The van der Waals surface area contributed by atoms with Crippen molar-refractivity contribution in [1.29, 1.82) is 0 Å². The summed E-state index contributed by atoms with van der Waals surface area (Å²) < 4.78 is -2.60. The van der Waals surface area contributed by atoms with Gasteiger partial charge in [-0.15, -0.1) is 0 Å².